The molecule has 2 aromatic carbocycles. The Morgan fingerprint density at radius 2 is 1.90 bits per heavy atom. The average molecular weight is 778 g/mol. The van der Waals surface area contributed by atoms with Crippen LogP contribution in [-0.4, -0.2) is 12.6 Å². The van der Waals surface area contributed by atoms with Crippen LogP contribution in [0.4, 0.5) is 5.69 Å². The van der Waals surface area contributed by atoms with E-state index >= 15 is 0 Å². The van der Waals surface area contributed by atoms with Gasteiger partial charge in [0.05, 0.1) is 17.7 Å². The molecule has 0 spiro atoms. The van der Waals surface area contributed by atoms with E-state index < -0.39 is 0 Å². The molecule has 3 atom stereocenters. The van der Waals surface area contributed by atoms with Gasteiger partial charge in [0.1, 0.15) is 28.5 Å². The van der Waals surface area contributed by atoms with Crippen LogP contribution in [0.25, 0.3) is 18.2 Å². The van der Waals surface area contributed by atoms with Crippen LogP contribution in [0, 0.1) is 37.0 Å². The molecule has 0 fully saturated rings. The van der Waals surface area contributed by atoms with E-state index in [1.165, 1.54) is 28.1 Å². The molecule has 0 radical (unpaired) electrons. The van der Waals surface area contributed by atoms with Crippen molar-refractivity contribution < 1.29 is 9.15 Å². The highest BCUT2D eigenvalue weighted by molar-refractivity contribution is 5.64. The van der Waals surface area contributed by atoms with Gasteiger partial charge in [-0.25, -0.2) is 0 Å². The Morgan fingerprint density at radius 3 is 2.71 bits per heavy atom. The molecule has 2 aliphatic carbocycles. The molecule has 7 nitrogen and oxygen atoms in total. The fourth-order valence-electron chi connectivity index (χ4n) is 8.19. The van der Waals surface area contributed by atoms with Crippen LogP contribution in [0.15, 0.2) is 172 Å². The van der Waals surface area contributed by atoms with E-state index in [1.807, 2.05) is 36.4 Å². The number of furan rings is 1. The summed E-state index contributed by atoms with van der Waals surface area (Å²) in [5, 5.41) is 21.2. The lowest BCUT2D eigenvalue weighted by molar-refractivity contribution is 0.479. The second-order valence-corrected chi connectivity index (χ2v) is 15.8. The number of dihydropyridines is 1. The van der Waals surface area contributed by atoms with Crippen LogP contribution in [0.1, 0.15) is 55.6 Å². The second-order valence-electron chi connectivity index (χ2n) is 15.8. The number of rotatable bonds is 6. The number of benzene rings is 2. The summed E-state index contributed by atoms with van der Waals surface area (Å²) in [6, 6.07) is 15.4. The molecular formula is C52H51N5O2. The van der Waals surface area contributed by atoms with Crippen molar-refractivity contribution >= 4 is 23.9 Å². The smallest absolute Gasteiger partial charge is 0.131 e. The van der Waals surface area contributed by atoms with Gasteiger partial charge in [-0.05, 0) is 141 Å². The number of anilines is 1. The van der Waals surface area contributed by atoms with Crippen molar-refractivity contribution in [1.29, 1.82) is 5.26 Å². The van der Waals surface area contributed by atoms with E-state index in [9.17, 15) is 0 Å². The zero-order valence-electron chi connectivity index (χ0n) is 34.3. The Morgan fingerprint density at radius 1 is 1.05 bits per heavy atom. The highest BCUT2D eigenvalue weighted by Gasteiger charge is 2.33. The summed E-state index contributed by atoms with van der Waals surface area (Å²) in [6.07, 6.45) is 33.0. The predicted molar refractivity (Wildman–Crippen MR) is 241 cm³/mol. The van der Waals surface area contributed by atoms with Crippen molar-refractivity contribution in [2.45, 2.75) is 53.0 Å². The summed E-state index contributed by atoms with van der Waals surface area (Å²) < 4.78 is 12.8. The van der Waals surface area contributed by atoms with Gasteiger partial charge in [0, 0.05) is 46.5 Å². The lowest BCUT2D eigenvalue weighted by atomic mass is 9.83. The van der Waals surface area contributed by atoms with Crippen LogP contribution < -0.4 is 36.2 Å². The zero-order chi connectivity index (χ0) is 41.0. The number of ether oxygens (including phenoxy) is 1. The predicted octanol–water partition coefficient (Wildman–Crippen LogP) is 9.82. The minimum absolute atomic E-state index is 0.118. The zero-order valence-corrected chi connectivity index (χ0v) is 34.3. The number of allylic oxidation sites excluding steroid dienone is 12. The number of nitrogens with zero attached hydrogens (tertiary/aromatic N) is 2. The SMILES string of the molecule is C=C(/C=C\c1oc2c(c1C)=CC1NC3=C(CC(C)C=C3)C3=C(C=CCN3)C1C=2)C1=CCC=CN(c2ccc(Oc3ccc(C#N)cc3)c(C)c2)C(=C)N/C=C\CC(C)=C1. The van der Waals surface area contributed by atoms with E-state index in [2.05, 4.69) is 135 Å². The molecule has 3 aliphatic heterocycles. The molecule has 0 bridgehead atoms. The van der Waals surface area contributed by atoms with E-state index in [4.69, 9.17) is 14.4 Å². The summed E-state index contributed by atoms with van der Waals surface area (Å²) in [6.45, 7) is 18.3. The van der Waals surface area contributed by atoms with E-state index in [0.717, 1.165) is 75.3 Å². The standard InChI is InChI=1S/C52H51N5O2/c1-33-11-9-24-54-38(6)57(41-18-23-49(36(4)29-41)58-42-19-16-39(32-53)17-20-42)26-8-7-12-40(27-33)35(3)15-22-50-37(5)44-30-48-45(31-51(44)59-50)43-13-10-25-55-52(43)46-28-34(2)14-21-47(46)56-48/h8-10,12-24,26-27,29-31,34,45,48,54-56H,3,6-7,11,25,28H2,1-2,4-5H3/b22-15-,24-9-,26-8?,33-27?,40-12?. The summed E-state index contributed by atoms with van der Waals surface area (Å²) in [7, 11) is 0. The number of hydrogen-bond donors (Lipinski definition) is 3. The van der Waals surface area contributed by atoms with Gasteiger partial charge in [0.2, 0.25) is 0 Å². The molecule has 59 heavy (non-hydrogen) atoms. The quantitative estimate of drug-likeness (QED) is 0.215. The highest BCUT2D eigenvalue weighted by atomic mass is 16.5. The minimum atomic E-state index is 0.118. The van der Waals surface area contributed by atoms with Gasteiger partial charge >= 0.3 is 0 Å². The summed E-state index contributed by atoms with van der Waals surface area (Å²) >= 11 is 0. The van der Waals surface area contributed by atoms with Gasteiger partial charge in [-0.2, -0.15) is 5.26 Å². The topological polar surface area (TPSA) is 85.5 Å². The molecule has 1 aromatic heterocycles. The largest absolute Gasteiger partial charge is 0.457 e. The Bertz CT molecular complexity index is 2660. The number of nitrogens with one attached hydrogen (secondary N) is 3. The average Bonchev–Trinajstić information content (AvgIpc) is 3.48. The molecule has 0 saturated carbocycles. The third kappa shape index (κ3) is 8.40. The second kappa shape index (κ2) is 16.9. The van der Waals surface area contributed by atoms with Crippen molar-refractivity contribution in [2.75, 3.05) is 11.4 Å². The Labute approximate surface area is 347 Å². The Hall–Kier alpha value is -6.91. The van der Waals surface area contributed by atoms with Crippen LogP contribution in [-0.2, 0) is 0 Å². The molecule has 7 heteroatoms. The molecule has 0 saturated heterocycles. The third-order valence-electron chi connectivity index (χ3n) is 11.4. The van der Waals surface area contributed by atoms with Gasteiger partial charge in [0.25, 0.3) is 0 Å². The van der Waals surface area contributed by atoms with Gasteiger partial charge in [-0.1, -0.05) is 80.3 Å². The monoisotopic (exact) mass is 777 g/mol. The lowest BCUT2D eigenvalue weighted by Gasteiger charge is -2.27. The van der Waals surface area contributed by atoms with Gasteiger partial charge in [0.15, 0.2) is 0 Å². The fourth-order valence-corrected chi connectivity index (χ4v) is 8.19. The molecule has 3 unspecified atom stereocenters. The van der Waals surface area contributed by atoms with Crippen molar-refractivity contribution in [2.24, 2.45) is 11.8 Å². The van der Waals surface area contributed by atoms with Crippen LogP contribution >= 0.6 is 0 Å². The molecule has 3 N–H and O–H groups in total. The van der Waals surface area contributed by atoms with E-state index in [0.29, 0.717) is 23.7 Å². The first-order valence-corrected chi connectivity index (χ1v) is 20.4. The first kappa shape index (κ1) is 38.9. The maximum Gasteiger partial charge on any atom is 0.131 e. The summed E-state index contributed by atoms with van der Waals surface area (Å²) in [5.41, 5.74) is 12.9. The molecule has 0 amide bonds. The number of hydrogen-bond acceptors (Lipinski definition) is 7. The molecule has 8 rings (SSSR count). The first-order chi connectivity index (χ1) is 28.6. The Kier molecular flexibility index (Phi) is 11.2. The van der Waals surface area contributed by atoms with Gasteiger partial charge in [-0.15, -0.1) is 0 Å². The number of fused-ring (bicyclic) bond motifs is 4. The number of aryl methyl sites for hydroxylation is 1. The number of nitriles is 1. The fraction of sp³-hybridized carbons (Fsp3) is 0.212. The molecule has 296 valence electrons. The van der Waals surface area contributed by atoms with Crippen molar-refractivity contribution in [3.05, 3.63) is 201 Å². The minimum Gasteiger partial charge on any atom is -0.457 e. The van der Waals surface area contributed by atoms with Crippen LogP contribution in [0.2, 0.25) is 0 Å². The van der Waals surface area contributed by atoms with Gasteiger partial charge in [-0.3, -0.25) is 0 Å². The Balaban J connectivity index is 1.02. The lowest BCUT2D eigenvalue weighted by Crippen LogP contribution is -2.41. The third-order valence-corrected chi connectivity index (χ3v) is 11.4. The van der Waals surface area contributed by atoms with Crippen molar-refractivity contribution in [1.82, 2.24) is 16.0 Å². The van der Waals surface area contributed by atoms with Crippen LogP contribution in [0.3, 0.4) is 0 Å². The maximum absolute atomic E-state index is 9.13. The molecular weight excluding hydrogens is 727 g/mol. The normalized spacial score (nSPS) is 21.8. The highest BCUT2D eigenvalue weighted by Crippen LogP contribution is 2.38. The first-order valence-electron chi connectivity index (χ1n) is 20.4. The molecule has 4 heterocycles. The summed E-state index contributed by atoms with van der Waals surface area (Å²) in [5.74, 6) is 3.64. The van der Waals surface area contributed by atoms with Gasteiger partial charge < -0.3 is 30.0 Å². The van der Waals surface area contributed by atoms with Crippen molar-refractivity contribution in [3.63, 3.8) is 0 Å². The summed E-state index contributed by atoms with van der Waals surface area (Å²) in [4.78, 5) is 2.03. The van der Waals surface area contributed by atoms with Crippen LogP contribution in [0.5, 0.6) is 11.5 Å². The van der Waals surface area contributed by atoms with E-state index in [-0.39, 0.29) is 12.0 Å². The molecule has 3 aromatic rings. The van der Waals surface area contributed by atoms with E-state index in [1.54, 1.807) is 24.3 Å². The maximum atomic E-state index is 9.13. The molecule has 5 aliphatic rings. The van der Waals surface area contributed by atoms with Crippen molar-refractivity contribution in [3.8, 4) is 17.6 Å².